The molecule has 5 heteroatoms. The third-order valence-corrected chi connectivity index (χ3v) is 4.33. The monoisotopic (exact) mass is 380 g/mol. The zero-order chi connectivity index (χ0) is 16.9. The molecule has 0 saturated heterocycles. The van der Waals surface area contributed by atoms with E-state index in [-0.39, 0.29) is 12.4 Å². The first-order valence-electron chi connectivity index (χ1n) is 8.52. The summed E-state index contributed by atoms with van der Waals surface area (Å²) in [5.74, 6) is 1.33. The second-order valence-corrected chi connectivity index (χ2v) is 6.67. The molecule has 0 radical (unpaired) electrons. The number of hydrogen-bond acceptors (Lipinski definition) is 3. The Hall–Kier alpha value is -1.42. The van der Waals surface area contributed by atoms with Gasteiger partial charge in [-0.2, -0.15) is 0 Å². The SMILES string of the molecule is CCOc1cc(CNC2CC2)cc(Cl)c1OCc1ccc(C)cc1.[Cl-]. The zero-order valence-corrected chi connectivity index (χ0v) is 16.2. The van der Waals surface area contributed by atoms with E-state index in [4.69, 9.17) is 21.1 Å². The normalized spacial score (nSPS) is 13.2. The van der Waals surface area contributed by atoms with Crippen LogP contribution in [0.4, 0.5) is 0 Å². The van der Waals surface area contributed by atoms with E-state index in [0.717, 1.165) is 17.7 Å². The van der Waals surface area contributed by atoms with Gasteiger partial charge in [-0.1, -0.05) is 41.4 Å². The van der Waals surface area contributed by atoms with Gasteiger partial charge in [-0.25, -0.2) is 0 Å². The van der Waals surface area contributed by atoms with Crippen molar-refractivity contribution in [2.45, 2.75) is 45.9 Å². The Morgan fingerprint density at radius 3 is 2.44 bits per heavy atom. The van der Waals surface area contributed by atoms with E-state index >= 15 is 0 Å². The summed E-state index contributed by atoms with van der Waals surface area (Å²) < 4.78 is 11.7. The van der Waals surface area contributed by atoms with Gasteiger partial charge in [0.05, 0.1) is 11.6 Å². The van der Waals surface area contributed by atoms with E-state index in [1.54, 1.807) is 0 Å². The number of ether oxygens (including phenoxy) is 2. The minimum atomic E-state index is 0. The Bertz CT molecular complexity index is 685. The maximum absolute atomic E-state index is 6.46. The molecule has 0 spiro atoms. The Labute approximate surface area is 161 Å². The quantitative estimate of drug-likeness (QED) is 0.758. The highest BCUT2D eigenvalue weighted by Crippen LogP contribution is 2.37. The molecule has 0 bridgehead atoms. The van der Waals surface area contributed by atoms with Crippen LogP contribution in [0.3, 0.4) is 0 Å². The van der Waals surface area contributed by atoms with Gasteiger partial charge in [0, 0.05) is 12.6 Å². The highest BCUT2D eigenvalue weighted by Gasteiger charge is 2.20. The zero-order valence-electron chi connectivity index (χ0n) is 14.6. The van der Waals surface area contributed by atoms with Crippen LogP contribution in [-0.2, 0) is 13.2 Å². The summed E-state index contributed by atoms with van der Waals surface area (Å²) in [7, 11) is 0. The fraction of sp³-hybridized carbons (Fsp3) is 0.400. The van der Waals surface area contributed by atoms with Crippen LogP contribution in [-0.4, -0.2) is 12.6 Å². The molecule has 0 heterocycles. The topological polar surface area (TPSA) is 30.5 Å². The van der Waals surface area contributed by atoms with Gasteiger partial charge >= 0.3 is 0 Å². The molecule has 2 aromatic rings. The summed E-state index contributed by atoms with van der Waals surface area (Å²) in [5.41, 5.74) is 3.47. The molecule has 0 unspecified atom stereocenters. The summed E-state index contributed by atoms with van der Waals surface area (Å²) >= 11 is 6.46. The minimum Gasteiger partial charge on any atom is -1.00 e. The molecule has 1 saturated carbocycles. The molecule has 1 aliphatic carbocycles. The average molecular weight is 381 g/mol. The first kappa shape index (κ1) is 19.9. The standard InChI is InChI=1S/C20H24ClNO2.ClH/c1-3-23-19-11-16(12-22-17-8-9-17)10-18(21)20(19)24-13-15-6-4-14(2)5-7-15;/h4-7,10-11,17,22H,3,8-9,12-13H2,1-2H3;1H/p-1. The van der Waals surface area contributed by atoms with Crippen molar-refractivity contribution < 1.29 is 21.9 Å². The van der Waals surface area contributed by atoms with Gasteiger partial charge in [0.15, 0.2) is 11.5 Å². The molecule has 136 valence electrons. The van der Waals surface area contributed by atoms with Gasteiger partial charge in [-0.3, -0.25) is 0 Å². The van der Waals surface area contributed by atoms with Gasteiger partial charge in [0.25, 0.3) is 0 Å². The predicted octanol–water partition coefficient (Wildman–Crippen LogP) is 1.88. The van der Waals surface area contributed by atoms with E-state index < -0.39 is 0 Å². The molecule has 1 N–H and O–H groups in total. The number of nitrogens with one attached hydrogen (secondary N) is 1. The summed E-state index contributed by atoms with van der Waals surface area (Å²) in [5, 5.41) is 4.09. The highest BCUT2D eigenvalue weighted by atomic mass is 35.5. The molecule has 0 amide bonds. The lowest BCUT2D eigenvalue weighted by atomic mass is 10.1. The van der Waals surface area contributed by atoms with Crippen LogP contribution in [0.15, 0.2) is 36.4 Å². The van der Waals surface area contributed by atoms with Crippen LogP contribution in [0.5, 0.6) is 11.5 Å². The Morgan fingerprint density at radius 1 is 1.08 bits per heavy atom. The number of rotatable bonds is 8. The molecule has 1 aliphatic rings. The van der Waals surface area contributed by atoms with Crippen molar-refractivity contribution in [1.82, 2.24) is 5.32 Å². The van der Waals surface area contributed by atoms with Crippen molar-refractivity contribution in [2.75, 3.05) is 6.61 Å². The number of aryl methyl sites for hydroxylation is 1. The third-order valence-electron chi connectivity index (χ3n) is 4.05. The Kier molecular flexibility index (Phi) is 7.42. The number of benzene rings is 2. The largest absolute Gasteiger partial charge is 1.00 e. The fourth-order valence-electron chi connectivity index (χ4n) is 2.52. The maximum Gasteiger partial charge on any atom is 0.180 e. The minimum absolute atomic E-state index is 0. The molecule has 3 rings (SSSR count). The third kappa shape index (κ3) is 5.81. The van der Waals surface area contributed by atoms with Crippen LogP contribution in [0, 0.1) is 6.92 Å². The summed E-state index contributed by atoms with van der Waals surface area (Å²) in [6.07, 6.45) is 2.54. The second kappa shape index (κ2) is 9.33. The summed E-state index contributed by atoms with van der Waals surface area (Å²) in [4.78, 5) is 0. The first-order chi connectivity index (χ1) is 11.7. The first-order valence-corrected chi connectivity index (χ1v) is 8.90. The Balaban J connectivity index is 0.00000225. The van der Waals surface area contributed by atoms with Gasteiger partial charge in [-0.05, 0) is 49.9 Å². The lowest BCUT2D eigenvalue weighted by Crippen LogP contribution is -3.00. The van der Waals surface area contributed by atoms with Crippen LogP contribution >= 0.6 is 11.6 Å². The highest BCUT2D eigenvalue weighted by molar-refractivity contribution is 6.32. The number of hydrogen-bond donors (Lipinski definition) is 1. The average Bonchev–Trinajstić information content (AvgIpc) is 3.38. The van der Waals surface area contributed by atoms with E-state index in [1.807, 2.05) is 19.1 Å². The van der Waals surface area contributed by atoms with Crippen molar-refractivity contribution in [3.05, 3.63) is 58.1 Å². The van der Waals surface area contributed by atoms with Gasteiger partial charge < -0.3 is 27.2 Å². The molecular formula is C20H24Cl2NO2-. The van der Waals surface area contributed by atoms with Crippen molar-refractivity contribution in [3.63, 3.8) is 0 Å². The molecule has 0 aromatic heterocycles. The van der Waals surface area contributed by atoms with Crippen molar-refractivity contribution in [2.24, 2.45) is 0 Å². The Morgan fingerprint density at radius 2 is 1.80 bits per heavy atom. The van der Waals surface area contributed by atoms with Crippen molar-refractivity contribution in [3.8, 4) is 11.5 Å². The molecule has 0 aliphatic heterocycles. The smallest absolute Gasteiger partial charge is 0.180 e. The molecule has 3 nitrogen and oxygen atoms in total. The second-order valence-electron chi connectivity index (χ2n) is 6.27. The van der Waals surface area contributed by atoms with Gasteiger partial charge in [-0.15, -0.1) is 0 Å². The van der Waals surface area contributed by atoms with Crippen molar-refractivity contribution >= 4 is 11.6 Å². The molecule has 2 aromatic carbocycles. The lowest BCUT2D eigenvalue weighted by molar-refractivity contribution is -0.00000570. The van der Waals surface area contributed by atoms with E-state index in [2.05, 4.69) is 36.5 Å². The van der Waals surface area contributed by atoms with E-state index in [0.29, 0.717) is 35.8 Å². The summed E-state index contributed by atoms with van der Waals surface area (Å²) in [6.45, 7) is 5.90. The van der Waals surface area contributed by atoms with Crippen LogP contribution in [0.25, 0.3) is 0 Å². The molecule has 0 atom stereocenters. The maximum atomic E-state index is 6.46. The molecule has 1 fully saturated rings. The van der Waals surface area contributed by atoms with Gasteiger partial charge in [0.1, 0.15) is 6.61 Å². The summed E-state index contributed by atoms with van der Waals surface area (Å²) in [6, 6.07) is 12.9. The fourth-order valence-corrected chi connectivity index (χ4v) is 2.80. The van der Waals surface area contributed by atoms with Crippen molar-refractivity contribution in [1.29, 1.82) is 0 Å². The molecular weight excluding hydrogens is 357 g/mol. The number of halogens is 2. The van der Waals surface area contributed by atoms with E-state index in [1.165, 1.54) is 18.4 Å². The van der Waals surface area contributed by atoms with Crippen LogP contribution in [0.1, 0.15) is 36.5 Å². The predicted molar refractivity (Wildman–Crippen MR) is 98.0 cm³/mol. The van der Waals surface area contributed by atoms with Crippen LogP contribution < -0.4 is 27.2 Å². The van der Waals surface area contributed by atoms with Crippen LogP contribution in [0.2, 0.25) is 5.02 Å². The van der Waals surface area contributed by atoms with Gasteiger partial charge in [0.2, 0.25) is 0 Å². The van der Waals surface area contributed by atoms with E-state index in [9.17, 15) is 0 Å². The molecule has 25 heavy (non-hydrogen) atoms. The lowest BCUT2D eigenvalue weighted by Gasteiger charge is -2.16.